The molecule has 0 radical (unpaired) electrons. The number of benzene rings is 1. The van der Waals surface area contributed by atoms with Crippen LogP contribution in [0.1, 0.15) is 38.7 Å². The third-order valence-electron chi connectivity index (χ3n) is 4.71. The standard InChI is InChI=1S/C18H26N2O2/c1-13-7-6-10-16(14(13)2)20-18(22)12-19-17(21)11-15-8-4-3-5-9-15/h3-5,8-9,13-14,16H,6-7,10-12H2,1-2H3,(H,19,21)(H,20,22)/t13-,14+,16-/m1/s1. The summed E-state index contributed by atoms with van der Waals surface area (Å²) >= 11 is 0. The highest BCUT2D eigenvalue weighted by molar-refractivity contribution is 5.85. The van der Waals surface area contributed by atoms with Crippen LogP contribution in [-0.4, -0.2) is 24.4 Å². The van der Waals surface area contributed by atoms with Crippen LogP contribution in [-0.2, 0) is 16.0 Å². The predicted molar refractivity (Wildman–Crippen MR) is 87.3 cm³/mol. The Bertz CT molecular complexity index is 501. The third-order valence-corrected chi connectivity index (χ3v) is 4.71. The molecule has 4 nitrogen and oxygen atoms in total. The van der Waals surface area contributed by atoms with E-state index in [1.54, 1.807) is 0 Å². The number of hydrogen-bond donors (Lipinski definition) is 2. The Kier molecular flexibility index (Phi) is 5.99. The first-order valence-corrected chi connectivity index (χ1v) is 8.16. The van der Waals surface area contributed by atoms with Crippen LogP contribution in [0.5, 0.6) is 0 Å². The lowest BCUT2D eigenvalue weighted by Crippen LogP contribution is -2.47. The summed E-state index contributed by atoms with van der Waals surface area (Å²) < 4.78 is 0. The van der Waals surface area contributed by atoms with Crippen molar-refractivity contribution in [2.24, 2.45) is 11.8 Å². The van der Waals surface area contributed by atoms with Crippen molar-refractivity contribution < 1.29 is 9.59 Å². The van der Waals surface area contributed by atoms with Crippen LogP contribution < -0.4 is 10.6 Å². The minimum absolute atomic E-state index is 0.0588. The zero-order valence-corrected chi connectivity index (χ0v) is 13.5. The lowest BCUT2D eigenvalue weighted by Gasteiger charge is -2.34. The van der Waals surface area contributed by atoms with Crippen molar-refractivity contribution >= 4 is 11.8 Å². The van der Waals surface area contributed by atoms with Gasteiger partial charge in [0.2, 0.25) is 11.8 Å². The van der Waals surface area contributed by atoms with Gasteiger partial charge in [0.1, 0.15) is 0 Å². The Labute approximate surface area is 132 Å². The number of carbonyl (C=O) groups is 2. The fourth-order valence-corrected chi connectivity index (χ4v) is 3.07. The first-order valence-electron chi connectivity index (χ1n) is 8.16. The molecule has 1 saturated carbocycles. The smallest absolute Gasteiger partial charge is 0.239 e. The summed E-state index contributed by atoms with van der Waals surface area (Å²) in [5, 5.41) is 5.76. The van der Waals surface area contributed by atoms with Gasteiger partial charge in [0.15, 0.2) is 0 Å². The second-order valence-electron chi connectivity index (χ2n) is 6.38. The van der Waals surface area contributed by atoms with Crippen molar-refractivity contribution in [3.63, 3.8) is 0 Å². The topological polar surface area (TPSA) is 58.2 Å². The first kappa shape index (κ1) is 16.5. The van der Waals surface area contributed by atoms with E-state index >= 15 is 0 Å². The zero-order valence-electron chi connectivity index (χ0n) is 13.5. The quantitative estimate of drug-likeness (QED) is 0.877. The molecule has 2 N–H and O–H groups in total. The molecular formula is C18H26N2O2. The van der Waals surface area contributed by atoms with Crippen molar-refractivity contribution in [3.8, 4) is 0 Å². The van der Waals surface area contributed by atoms with Gasteiger partial charge in [0.05, 0.1) is 13.0 Å². The number of carbonyl (C=O) groups excluding carboxylic acids is 2. The van der Waals surface area contributed by atoms with Gasteiger partial charge in [-0.3, -0.25) is 9.59 Å². The molecule has 0 unspecified atom stereocenters. The van der Waals surface area contributed by atoms with Crippen LogP contribution >= 0.6 is 0 Å². The molecule has 1 fully saturated rings. The fraction of sp³-hybridized carbons (Fsp3) is 0.556. The molecule has 120 valence electrons. The van der Waals surface area contributed by atoms with E-state index < -0.39 is 0 Å². The predicted octanol–water partition coefficient (Wildman–Crippen LogP) is 2.29. The number of nitrogens with one attached hydrogen (secondary N) is 2. The summed E-state index contributed by atoms with van der Waals surface area (Å²) in [4.78, 5) is 23.8. The largest absolute Gasteiger partial charge is 0.352 e. The van der Waals surface area contributed by atoms with Crippen LogP contribution in [0.25, 0.3) is 0 Å². The van der Waals surface area contributed by atoms with Gasteiger partial charge in [-0.15, -0.1) is 0 Å². The van der Waals surface area contributed by atoms with Crippen molar-refractivity contribution in [2.45, 2.75) is 45.6 Å². The minimum Gasteiger partial charge on any atom is -0.352 e. The van der Waals surface area contributed by atoms with E-state index in [-0.39, 0.29) is 24.4 Å². The van der Waals surface area contributed by atoms with Crippen molar-refractivity contribution in [1.82, 2.24) is 10.6 Å². The molecule has 2 rings (SSSR count). The van der Waals surface area contributed by atoms with Crippen molar-refractivity contribution in [1.29, 1.82) is 0 Å². The summed E-state index contributed by atoms with van der Waals surface area (Å²) in [5.41, 5.74) is 0.954. The zero-order chi connectivity index (χ0) is 15.9. The average molecular weight is 302 g/mol. The van der Waals surface area contributed by atoms with Gasteiger partial charge < -0.3 is 10.6 Å². The highest BCUT2D eigenvalue weighted by Gasteiger charge is 2.27. The van der Waals surface area contributed by atoms with Crippen LogP contribution in [0, 0.1) is 11.8 Å². The Balaban J connectivity index is 1.72. The highest BCUT2D eigenvalue weighted by Crippen LogP contribution is 2.29. The third kappa shape index (κ3) is 4.86. The molecule has 0 aliphatic heterocycles. The van der Waals surface area contributed by atoms with E-state index in [0.717, 1.165) is 18.4 Å². The van der Waals surface area contributed by atoms with E-state index in [4.69, 9.17) is 0 Å². The Morgan fingerprint density at radius 1 is 1.09 bits per heavy atom. The number of amides is 2. The Hall–Kier alpha value is -1.84. The molecule has 2 amide bonds. The minimum atomic E-state index is -0.119. The molecule has 0 bridgehead atoms. The molecule has 4 heteroatoms. The second-order valence-corrected chi connectivity index (χ2v) is 6.38. The van der Waals surface area contributed by atoms with Gasteiger partial charge in [-0.1, -0.05) is 57.0 Å². The SMILES string of the molecule is C[C@H]1[C@H](C)CCC[C@H]1NC(=O)CNC(=O)Cc1ccccc1. The van der Waals surface area contributed by atoms with E-state index in [9.17, 15) is 9.59 Å². The molecule has 0 heterocycles. The highest BCUT2D eigenvalue weighted by atomic mass is 16.2. The van der Waals surface area contributed by atoms with Crippen LogP contribution in [0.2, 0.25) is 0 Å². The van der Waals surface area contributed by atoms with Crippen molar-refractivity contribution in [2.75, 3.05) is 6.54 Å². The van der Waals surface area contributed by atoms with Gasteiger partial charge in [0.25, 0.3) is 0 Å². The Morgan fingerprint density at radius 2 is 1.82 bits per heavy atom. The van der Waals surface area contributed by atoms with Gasteiger partial charge in [-0.2, -0.15) is 0 Å². The van der Waals surface area contributed by atoms with Crippen molar-refractivity contribution in [3.05, 3.63) is 35.9 Å². The maximum absolute atomic E-state index is 12.0. The number of hydrogen-bond acceptors (Lipinski definition) is 2. The van der Waals surface area contributed by atoms with Gasteiger partial charge >= 0.3 is 0 Å². The van der Waals surface area contributed by atoms with E-state index in [0.29, 0.717) is 18.3 Å². The molecule has 0 spiro atoms. The van der Waals surface area contributed by atoms with Crippen LogP contribution in [0.15, 0.2) is 30.3 Å². The lowest BCUT2D eigenvalue weighted by molar-refractivity contribution is -0.126. The van der Waals surface area contributed by atoms with Gasteiger partial charge in [-0.05, 0) is 23.8 Å². The maximum Gasteiger partial charge on any atom is 0.239 e. The van der Waals surface area contributed by atoms with E-state index in [1.807, 2.05) is 30.3 Å². The summed E-state index contributed by atoms with van der Waals surface area (Å²) in [5.74, 6) is 0.934. The molecular weight excluding hydrogens is 276 g/mol. The normalized spacial score (nSPS) is 24.5. The van der Waals surface area contributed by atoms with E-state index in [1.165, 1.54) is 6.42 Å². The molecule has 1 aliphatic carbocycles. The second kappa shape index (κ2) is 7.97. The molecule has 0 saturated heterocycles. The molecule has 1 aromatic carbocycles. The van der Waals surface area contributed by atoms with Gasteiger partial charge in [0, 0.05) is 6.04 Å². The van der Waals surface area contributed by atoms with E-state index in [2.05, 4.69) is 24.5 Å². The summed E-state index contributed by atoms with van der Waals surface area (Å²) in [6.45, 7) is 4.50. The van der Waals surface area contributed by atoms with Crippen LogP contribution in [0.3, 0.4) is 0 Å². The summed E-state index contributed by atoms with van der Waals surface area (Å²) in [7, 11) is 0. The fourth-order valence-electron chi connectivity index (χ4n) is 3.07. The monoisotopic (exact) mass is 302 g/mol. The molecule has 1 aromatic rings. The average Bonchev–Trinajstić information content (AvgIpc) is 2.51. The lowest BCUT2D eigenvalue weighted by atomic mass is 9.78. The van der Waals surface area contributed by atoms with Gasteiger partial charge in [-0.25, -0.2) is 0 Å². The Morgan fingerprint density at radius 3 is 2.55 bits per heavy atom. The molecule has 22 heavy (non-hydrogen) atoms. The van der Waals surface area contributed by atoms with Crippen LogP contribution in [0.4, 0.5) is 0 Å². The molecule has 3 atom stereocenters. The summed E-state index contributed by atoms with van der Waals surface area (Å²) in [6.07, 6.45) is 3.75. The summed E-state index contributed by atoms with van der Waals surface area (Å²) in [6, 6.07) is 9.78. The maximum atomic E-state index is 12.0. The first-order chi connectivity index (χ1) is 10.6. The number of rotatable bonds is 5. The molecule has 0 aromatic heterocycles. The molecule has 1 aliphatic rings.